The number of hydrogen-bond donors (Lipinski definition) is 2. The zero-order chi connectivity index (χ0) is 16.6. The summed E-state index contributed by atoms with van der Waals surface area (Å²) in [6.07, 6.45) is 1.11. The molecule has 3 N–H and O–H groups in total. The molecule has 0 unspecified atom stereocenters. The van der Waals surface area contributed by atoms with E-state index in [-0.39, 0.29) is 13.2 Å². The first kappa shape index (κ1) is 18.3. The van der Waals surface area contributed by atoms with E-state index in [1.807, 2.05) is 0 Å². The molecule has 7 heteroatoms. The molecule has 0 aliphatic rings. The lowest BCUT2D eigenvalue weighted by Gasteiger charge is -2.27. The Kier molecular flexibility index (Phi) is 7.23. The lowest BCUT2D eigenvalue weighted by molar-refractivity contribution is 0.0548. The zero-order valence-electron chi connectivity index (χ0n) is 13.4. The Labute approximate surface area is 131 Å². The van der Waals surface area contributed by atoms with Crippen molar-refractivity contribution < 1.29 is 19.4 Å². The number of nitrogens with zero attached hydrogens (tertiary/aromatic N) is 2. The molecule has 1 aromatic heterocycles. The summed E-state index contributed by atoms with van der Waals surface area (Å²) < 4.78 is 10.6. The average Bonchev–Trinajstić information content (AvgIpc) is 2.45. The van der Waals surface area contributed by atoms with Crippen molar-refractivity contribution >= 4 is 11.8 Å². The summed E-state index contributed by atoms with van der Waals surface area (Å²) in [4.78, 5) is 18.0. The predicted molar refractivity (Wildman–Crippen MR) is 83.6 cm³/mol. The maximum Gasteiger partial charge on any atom is 0.414 e. The molecule has 0 saturated heterocycles. The fraction of sp³-hybridized carbons (Fsp3) is 0.600. The van der Waals surface area contributed by atoms with Gasteiger partial charge in [0.2, 0.25) is 0 Å². The standard InChI is InChI=1S/C15H25N3O4/c1-15(2,3)22-14(20)18(6-8-21-9-7-19)13-5-4-12(10-16)17-11-13/h4-5,11,19H,6-10,16H2,1-3H3. The largest absolute Gasteiger partial charge is 0.443 e. The number of ether oxygens (including phenoxy) is 2. The molecule has 0 saturated carbocycles. The number of carbonyl (C=O) groups excluding carboxylic acids is 1. The van der Waals surface area contributed by atoms with E-state index in [0.717, 1.165) is 5.69 Å². The lowest BCUT2D eigenvalue weighted by atomic mass is 10.2. The smallest absolute Gasteiger partial charge is 0.414 e. The van der Waals surface area contributed by atoms with Crippen LogP contribution in [-0.4, -0.2) is 48.2 Å². The molecule has 22 heavy (non-hydrogen) atoms. The summed E-state index contributed by atoms with van der Waals surface area (Å²) >= 11 is 0. The molecule has 0 aliphatic heterocycles. The van der Waals surface area contributed by atoms with Crippen molar-refractivity contribution in [2.45, 2.75) is 32.9 Å². The molecule has 0 bridgehead atoms. The van der Waals surface area contributed by atoms with Crippen molar-refractivity contribution in [3.63, 3.8) is 0 Å². The number of amides is 1. The number of rotatable bonds is 7. The van der Waals surface area contributed by atoms with Crippen LogP contribution in [0.5, 0.6) is 0 Å². The van der Waals surface area contributed by atoms with Crippen molar-refractivity contribution in [3.8, 4) is 0 Å². The molecule has 1 rings (SSSR count). The van der Waals surface area contributed by atoms with Gasteiger partial charge in [0.1, 0.15) is 5.60 Å². The third kappa shape index (κ3) is 6.38. The fourth-order valence-corrected chi connectivity index (χ4v) is 1.66. The zero-order valence-corrected chi connectivity index (χ0v) is 13.4. The Balaban J connectivity index is 2.81. The molecule has 1 amide bonds. The number of hydrogen-bond acceptors (Lipinski definition) is 6. The lowest BCUT2D eigenvalue weighted by Crippen LogP contribution is -2.39. The van der Waals surface area contributed by atoms with Crippen LogP contribution in [0.2, 0.25) is 0 Å². The molecule has 0 radical (unpaired) electrons. The molecule has 0 spiro atoms. The van der Waals surface area contributed by atoms with Crippen LogP contribution in [0, 0.1) is 0 Å². The fourth-order valence-electron chi connectivity index (χ4n) is 1.66. The van der Waals surface area contributed by atoms with E-state index in [2.05, 4.69) is 4.98 Å². The highest BCUT2D eigenvalue weighted by molar-refractivity contribution is 5.87. The third-order valence-electron chi connectivity index (χ3n) is 2.64. The van der Waals surface area contributed by atoms with Crippen LogP contribution < -0.4 is 10.6 Å². The molecule has 0 atom stereocenters. The molecule has 1 heterocycles. The minimum Gasteiger partial charge on any atom is -0.443 e. The van der Waals surface area contributed by atoms with Crippen molar-refractivity contribution in [2.75, 3.05) is 31.3 Å². The highest BCUT2D eigenvalue weighted by atomic mass is 16.6. The van der Waals surface area contributed by atoms with Crippen LogP contribution in [0.4, 0.5) is 10.5 Å². The Bertz CT molecular complexity index is 457. The summed E-state index contributed by atoms with van der Waals surface area (Å²) in [5, 5.41) is 8.72. The van der Waals surface area contributed by atoms with E-state index in [1.165, 1.54) is 4.90 Å². The Morgan fingerprint density at radius 3 is 2.59 bits per heavy atom. The molecule has 0 aromatic carbocycles. The van der Waals surface area contributed by atoms with Gasteiger partial charge < -0.3 is 20.3 Å². The first-order valence-corrected chi connectivity index (χ1v) is 7.21. The highest BCUT2D eigenvalue weighted by Gasteiger charge is 2.23. The monoisotopic (exact) mass is 311 g/mol. The van der Waals surface area contributed by atoms with Gasteiger partial charge in [-0.05, 0) is 32.9 Å². The van der Waals surface area contributed by atoms with Gasteiger partial charge in [0.25, 0.3) is 0 Å². The topological polar surface area (TPSA) is 97.9 Å². The van der Waals surface area contributed by atoms with Crippen LogP contribution in [-0.2, 0) is 16.0 Å². The van der Waals surface area contributed by atoms with E-state index in [0.29, 0.717) is 25.4 Å². The quantitative estimate of drug-likeness (QED) is 0.736. The minimum absolute atomic E-state index is 0.0564. The minimum atomic E-state index is -0.591. The van der Waals surface area contributed by atoms with Gasteiger partial charge in [0, 0.05) is 6.54 Å². The van der Waals surface area contributed by atoms with E-state index in [1.54, 1.807) is 39.1 Å². The van der Waals surface area contributed by atoms with Gasteiger partial charge >= 0.3 is 6.09 Å². The van der Waals surface area contributed by atoms with E-state index >= 15 is 0 Å². The molecular weight excluding hydrogens is 286 g/mol. The van der Waals surface area contributed by atoms with Gasteiger partial charge in [-0.15, -0.1) is 0 Å². The van der Waals surface area contributed by atoms with Crippen LogP contribution >= 0.6 is 0 Å². The Morgan fingerprint density at radius 1 is 1.36 bits per heavy atom. The molecule has 0 aliphatic carbocycles. The summed E-state index contributed by atoms with van der Waals surface area (Å²) in [5.41, 5.74) is 6.28. The second kappa shape index (κ2) is 8.67. The number of aromatic nitrogens is 1. The van der Waals surface area contributed by atoms with Crippen molar-refractivity contribution in [3.05, 3.63) is 24.0 Å². The van der Waals surface area contributed by atoms with Crippen molar-refractivity contribution in [1.82, 2.24) is 4.98 Å². The summed E-state index contributed by atoms with van der Waals surface area (Å²) in [7, 11) is 0. The number of carbonyl (C=O) groups is 1. The van der Waals surface area contributed by atoms with E-state index in [4.69, 9.17) is 20.3 Å². The normalized spacial score (nSPS) is 11.3. The summed E-state index contributed by atoms with van der Waals surface area (Å²) in [6, 6.07) is 3.53. The second-order valence-corrected chi connectivity index (χ2v) is 5.68. The van der Waals surface area contributed by atoms with Gasteiger partial charge in [-0.3, -0.25) is 9.88 Å². The van der Waals surface area contributed by atoms with Gasteiger partial charge in [0.15, 0.2) is 0 Å². The van der Waals surface area contributed by atoms with Crippen molar-refractivity contribution in [1.29, 1.82) is 0 Å². The molecule has 0 fully saturated rings. The van der Waals surface area contributed by atoms with Crippen molar-refractivity contribution in [2.24, 2.45) is 5.73 Å². The summed E-state index contributed by atoms with van der Waals surface area (Å²) in [5.74, 6) is 0. The maximum atomic E-state index is 12.3. The predicted octanol–water partition coefficient (Wildman–Crippen LogP) is 1.29. The van der Waals surface area contributed by atoms with E-state index < -0.39 is 11.7 Å². The van der Waals surface area contributed by atoms with Crippen LogP contribution in [0.25, 0.3) is 0 Å². The van der Waals surface area contributed by atoms with Gasteiger partial charge in [-0.25, -0.2) is 4.79 Å². The number of nitrogens with two attached hydrogens (primary N) is 1. The SMILES string of the molecule is CC(C)(C)OC(=O)N(CCOCCO)c1ccc(CN)nc1. The van der Waals surface area contributed by atoms with Gasteiger partial charge in [-0.1, -0.05) is 0 Å². The third-order valence-corrected chi connectivity index (χ3v) is 2.64. The Morgan fingerprint density at radius 2 is 2.09 bits per heavy atom. The number of pyridine rings is 1. The highest BCUT2D eigenvalue weighted by Crippen LogP contribution is 2.17. The number of anilines is 1. The number of aliphatic hydroxyl groups excluding tert-OH is 1. The second-order valence-electron chi connectivity index (χ2n) is 5.68. The van der Waals surface area contributed by atoms with E-state index in [9.17, 15) is 4.79 Å². The summed E-state index contributed by atoms with van der Waals surface area (Å²) in [6.45, 7) is 6.53. The maximum absolute atomic E-state index is 12.3. The van der Waals surface area contributed by atoms with Gasteiger partial charge in [-0.2, -0.15) is 0 Å². The van der Waals surface area contributed by atoms with Gasteiger partial charge in [0.05, 0.1) is 43.9 Å². The first-order chi connectivity index (χ1) is 10.4. The number of aliphatic hydroxyl groups is 1. The van der Waals surface area contributed by atoms with Crippen LogP contribution in [0.3, 0.4) is 0 Å². The Hall–Kier alpha value is -1.70. The van der Waals surface area contributed by atoms with Crippen LogP contribution in [0.1, 0.15) is 26.5 Å². The molecule has 124 valence electrons. The average molecular weight is 311 g/mol. The molecule has 1 aromatic rings. The first-order valence-electron chi connectivity index (χ1n) is 7.21. The molecule has 7 nitrogen and oxygen atoms in total. The van der Waals surface area contributed by atoms with Crippen LogP contribution in [0.15, 0.2) is 18.3 Å². The molecular formula is C15H25N3O4.